The fourth-order valence-electron chi connectivity index (χ4n) is 3.78. The number of halogens is 2. The molecule has 0 aliphatic heterocycles. The Morgan fingerprint density at radius 2 is 1.54 bits per heavy atom. The highest BCUT2D eigenvalue weighted by molar-refractivity contribution is 6.04. The van der Waals surface area contributed by atoms with Crippen molar-refractivity contribution < 1.29 is 23.1 Å². The molecule has 0 unspecified atom stereocenters. The molecule has 35 heavy (non-hydrogen) atoms. The van der Waals surface area contributed by atoms with E-state index in [0.717, 1.165) is 5.56 Å². The average Bonchev–Trinajstić information content (AvgIpc) is 2.86. The van der Waals surface area contributed by atoms with Crippen LogP contribution in [-0.4, -0.2) is 11.0 Å². The van der Waals surface area contributed by atoms with Crippen LogP contribution in [0, 0.1) is 11.6 Å². The van der Waals surface area contributed by atoms with Crippen LogP contribution in [0.2, 0.25) is 0 Å². The lowest BCUT2D eigenvalue weighted by Crippen LogP contribution is -2.13. The predicted molar refractivity (Wildman–Crippen MR) is 129 cm³/mol. The van der Waals surface area contributed by atoms with Crippen molar-refractivity contribution in [3.05, 3.63) is 118 Å². The van der Waals surface area contributed by atoms with Crippen molar-refractivity contribution in [3.63, 3.8) is 0 Å². The minimum atomic E-state index is -0.656. The Bertz CT molecular complexity index is 1640. The molecule has 0 saturated heterocycles. The molecular formula is C28H17F2NO4. The van der Waals surface area contributed by atoms with Crippen LogP contribution in [0.15, 0.2) is 100 Å². The highest BCUT2D eigenvalue weighted by Gasteiger charge is 2.17. The second kappa shape index (κ2) is 8.87. The van der Waals surface area contributed by atoms with E-state index in [0.29, 0.717) is 16.8 Å². The number of rotatable bonds is 4. The first-order valence-corrected chi connectivity index (χ1v) is 10.6. The topological polar surface area (TPSA) is 79.5 Å². The highest BCUT2D eigenvalue weighted by atomic mass is 19.1. The number of anilines is 1. The lowest BCUT2D eigenvalue weighted by Gasteiger charge is -2.10. The van der Waals surface area contributed by atoms with Gasteiger partial charge in [0.2, 0.25) is 11.2 Å². The molecule has 5 rings (SSSR count). The summed E-state index contributed by atoms with van der Waals surface area (Å²) in [5.74, 6) is -2.33. The average molecular weight is 469 g/mol. The molecule has 2 N–H and O–H groups in total. The van der Waals surface area contributed by atoms with Gasteiger partial charge in [-0.3, -0.25) is 9.59 Å². The van der Waals surface area contributed by atoms with Crippen LogP contribution in [0.25, 0.3) is 33.4 Å². The normalized spacial score (nSPS) is 10.9. The zero-order chi connectivity index (χ0) is 24.5. The molecule has 7 heteroatoms. The minimum Gasteiger partial charge on any atom is -0.502 e. The standard InChI is InChI=1S/C28H17F2NO4/c29-19-11-8-16(9-12-19)17-10-13-22-24(15-17)35-27(26(33)25(22)32)18-4-3-5-20(14-18)31-28(34)21-6-1-2-7-23(21)30/h1-15,33H,(H,31,34). The van der Waals surface area contributed by atoms with Crippen molar-refractivity contribution in [2.45, 2.75) is 0 Å². The molecule has 172 valence electrons. The van der Waals surface area contributed by atoms with E-state index in [1.807, 2.05) is 0 Å². The summed E-state index contributed by atoms with van der Waals surface area (Å²) in [6.45, 7) is 0. The first-order valence-electron chi connectivity index (χ1n) is 10.6. The largest absolute Gasteiger partial charge is 0.502 e. The quantitative estimate of drug-likeness (QED) is 0.321. The van der Waals surface area contributed by atoms with E-state index in [2.05, 4.69) is 5.32 Å². The minimum absolute atomic E-state index is 0.0826. The van der Waals surface area contributed by atoms with Crippen LogP contribution in [0.3, 0.4) is 0 Å². The number of aromatic hydroxyl groups is 1. The molecule has 0 spiro atoms. The lowest BCUT2D eigenvalue weighted by atomic mass is 10.0. The summed E-state index contributed by atoms with van der Waals surface area (Å²) in [5.41, 5.74) is 1.56. The fraction of sp³-hybridized carbons (Fsp3) is 0. The Kier molecular flexibility index (Phi) is 5.58. The van der Waals surface area contributed by atoms with E-state index < -0.39 is 22.9 Å². The Hall–Kier alpha value is -4.78. The summed E-state index contributed by atoms with van der Waals surface area (Å²) in [6, 6.07) is 22.6. The molecule has 0 radical (unpaired) electrons. The van der Waals surface area contributed by atoms with E-state index in [1.165, 1.54) is 42.5 Å². The van der Waals surface area contributed by atoms with Crippen molar-refractivity contribution >= 4 is 22.6 Å². The lowest BCUT2D eigenvalue weighted by molar-refractivity contribution is 0.102. The maximum absolute atomic E-state index is 13.9. The molecule has 0 saturated carbocycles. The second-order valence-corrected chi connectivity index (χ2v) is 7.84. The molecule has 0 aliphatic carbocycles. The number of hydrogen-bond donors (Lipinski definition) is 2. The van der Waals surface area contributed by atoms with Gasteiger partial charge in [-0.05, 0) is 59.7 Å². The van der Waals surface area contributed by atoms with E-state index in [9.17, 15) is 23.5 Å². The van der Waals surface area contributed by atoms with Gasteiger partial charge in [0.25, 0.3) is 5.91 Å². The van der Waals surface area contributed by atoms with Gasteiger partial charge < -0.3 is 14.8 Å². The van der Waals surface area contributed by atoms with Gasteiger partial charge in [0.15, 0.2) is 5.76 Å². The first-order chi connectivity index (χ1) is 16.9. The van der Waals surface area contributed by atoms with Gasteiger partial charge in [0.05, 0.1) is 10.9 Å². The third kappa shape index (κ3) is 4.27. The Labute approximate surface area is 197 Å². The summed E-state index contributed by atoms with van der Waals surface area (Å²) in [5, 5.41) is 13.4. The SMILES string of the molecule is O=C(Nc1cccc(-c2oc3cc(-c4ccc(F)cc4)ccc3c(=O)c2O)c1)c1ccccc1F. The molecule has 0 atom stereocenters. The van der Waals surface area contributed by atoms with Crippen molar-refractivity contribution in [1.29, 1.82) is 0 Å². The third-order valence-corrected chi connectivity index (χ3v) is 5.55. The molecule has 0 aliphatic rings. The van der Waals surface area contributed by atoms with E-state index >= 15 is 0 Å². The molecule has 1 heterocycles. The molecule has 5 nitrogen and oxygen atoms in total. The molecule has 1 amide bonds. The van der Waals surface area contributed by atoms with Gasteiger partial charge in [0, 0.05) is 11.3 Å². The predicted octanol–water partition coefficient (Wildman–Crippen LogP) is 6.36. The van der Waals surface area contributed by atoms with E-state index in [1.54, 1.807) is 48.5 Å². The maximum Gasteiger partial charge on any atom is 0.258 e. The number of hydrogen-bond acceptors (Lipinski definition) is 4. The summed E-state index contributed by atoms with van der Waals surface area (Å²) < 4.78 is 33.1. The third-order valence-electron chi connectivity index (χ3n) is 5.55. The molecule has 0 fully saturated rings. The zero-order valence-electron chi connectivity index (χ0n) is 18.1. The summed E-state index contributed by atoms with van der Waals surface area (Å²) in [7, 11) is 0. The van der Waals surface area contributed by atoms with Crippen LogP contribution < -0.4 is 10.7 Å². The Morgan fingerprint density at radius 1 is 0.800 bits per heavy atom. The van der Waals surface area contributed by atoms with Crippen LogP contribution in [0.1, 0.15) is 10.4 Å². The van der Waals surface area contributed by atoms with E-state index in [-0.39, 0.29) is 28.1 Å². The maximum atomic E-state index is 13.9. The summed E-state index contributed by atoms with van der Waals surface area (Å²) in [4.78, 5) is 25.3. The molecule has 4 aromatic carbocycles. The van der Waals surface area contributed by atoms with Gasteiger partial charge in [-0.1, -0.05) is 42.5 Å². The van der Waals surface area contributed by atoms with Crippen LogP contribution in [0.5, 0.6) is 5.75 Å². The van der Waals surface area contributed by atoms with Gasteiger partial charge in [-0.2, -0.15) is 0 Å². The zero-order valence-corrected chi connectivity index (χ0v) is 18.1. The van der Waals surface area contributed by atoms with Gasteiger partial charge in [-0.25, -0.2) is 8.78 Å². The smallest absolute Gasteiger partial charge is 0.258 e. The second-order valence-electron chi connectivity index (χ2n) is 7.84. The van der Waals surface area contributed by atoms with Crippen LogP contribution in [-0.2, 0) is 0 Å². The van der Waals surface area contributed by atoms with Crippen molar-refractivity contribution in [3.8, 4) is 28.2 Å². The van der Waals surface area contributed by atoms with Gasteiger partial charge in [-0.15, -0.1) is 0 Å². The number of carbonyl (C=O) groups is 1. The number of amides is 1. The summed E-state index contributed by atoms with van der Waals surface area (Å²) in [6.07, 6.45) is 0. The Balaban J connectivity index is 1.54. The van der Waals surface area contributed by atoms with E-state index in [4.69, 9.17) is 4.42 Å². The molecular weight excluding hydrogens is 452 g/mol. The highest BCUT2D eigenvalue weighted by Crippen LogP contribution is 2.33. The van der Waals surface area contributed by atoms with Gasteiger partial charge >= 0.3 is 0 Å². The number of fused-ring (bicyclic) bond motifs is 1. The number of nitrogens with one attached hydrogen (secondary N) is 1. The molecule has 0 bridgehead atoms. The first kappa shape index (κ1) is 22.0. The van der Waals surface area contributed by atoms with Crippen LogP contribution in [0.4, 0.5) is 14.5 Å². The van der Waals surface area contributed by atoms with Crippen molar-refractivity contribution in [1.82, 2.24) is 0 Å². The van der Waals surface area contributed by atoms with Crippen LogP contribution >= 0.6 is 0 Å². The fourth-order valence-corrected chi connectivity index (χ4v) is 3.78. The van der Waals surface area contributed by atoms with Gasteiger partial charge in [0.1, 0.15) is 17.2 Å². The monoisotopic (exact) mass is 469 g/mol. The number of carbonyl (C=O) groups excluding carboxylic acids is 1. The Morgan fingerprint density at radius 3 is 2.31 bits per heavy atom. The summed E-state index contributed by atoms with van der Waals surface area (Å²) >= 11 is 0. The number of benzene rings is 4. The molecule has 5 aromatic rings. The molecule has 1 aromatic heterocycles. The van der Waals surface area contributed by atoms with Crippen molar-refractivity contribution in [2.75, 3.05) is 5.32 Å². The van der Waals surface area contributed by atoms with Crippen molar-refractivity contribution in [2.24, 2.45) is 0 Å².